The summed E-state index contributed by atoms with van der Waals surface area (Å²) in [7, 11) is -3.70. The maximum atomic E-state index is 12.5. The van der Waals surface area contributed by atoms with Gasteiger partial charge in [0.05, 0.1) is 6.61 Å². The van der Waals surface area contributed by atoms with Gasteiger partial charge in [0, 0.05) is 5.39 Å². The average Bonchev–Trinajstić information content (AvgIpc) is 2.73. The van der Waals surface area contributed by atoms with E-state index in [-0.39, 0.29) is 41.1 Å². The molecule has 30 heavy (non-hydrogen) atoms. The topological polar surface area (TPSA) is 43.4 Å². The third-order valence-electron chi connectivity index (χ3n) is 5.51. The SMILES string of the molecule is CCCCCCCCCCCCCCCOS(=O)(=O)c1cccc2ccccc12.[NaH]. The summed E-state index contributed by atoms with van der Waals surface area (Å²) >= 11 is 0. The number of hydrogen-bond acceptors (Lipinski definition) is 3. The van der Waals surface area contributed by atoms with Gasteiger partial charge in [0.1, 0.15) is 4.90 Å². The molecule has 0 fully saturated rings. The van der Waals surface area contributed by atoms with Crippen LogP contribution in [0.3, 0.4) is 0 Å². The quantitative estimate of drug-likeness (QED) is 0.160. The number of hydrogen-bond donors (Lipinski definition) is 0. The Hall–Kier alpha value is -0.390. The summed E-state index contributed by atoms with van der Waals surface area (Å²) in [4.78, 5) is 0.269. The summed E-state index contributed by atoms with van der Waals surface area (Å²) in [5, 5.41) is 1.64. The van der Waals surface area contributed by atoms with E-state index in [4.69, 9.17) is 4.18 Å². The zero-order valence-corrected chi connectivity index (χ0v) is 18.9. The fourth-order valence-electron chi connectivity index (χ4n) is 3.77. The van der Waals surface area contributed by atoms with Gasteiger partial charge in [0.25, 0.3) is 10.1 Å². The normalized spacial score (nSPS) is 11.5. The van der Waals surface area contributed by atoms with Crippen LogP contribution in [0.25, 0.3) is 10.8 Å². The molecular weight excluding hydrogens is 403 g/mol. The minimum absolute atomic E-state index is 0. The van der Waals surface area contributed by atoms with Crippen molar-refractivity contribution >= 4 is 50.4 Å². The molecule has 0 saturated heterocycles. The van der Waals surface area contributed by atoms with E-state index in [9.17, 15) is 8.42 Å². The van der Waals surface area contributed by atoms with Gasteiger partial charge in [-0.1, -0.05) is 120 Å². The molecular formula is C25H39NaO3S. The Morgan fingerprint density at radius 3 is 1.77 bits per heavy atom. The van der Waals surface area contributed by atoms with Crippen molar-refractivity contribution in [3.8, 4) is 0 Å². The molecule has 0 aliphatic rings. The summed E-state index contributed by atoms with van der Waals surface area (Å²) in [5.74, 6) is 0. The van der Waals surface area contributed by atoms with Crippen LogP contribution in [0.15, 0.2) is 47.4 Å². The van der Waals surface area contributed by atoms with Crippen molar-refractivity contribution in [1.29, 1.82) is 0 Å². The van der Waals surface area contributed by atoms with E-state index in [1.807, 2.05) is 30.3 Å². The average molecular weight is 443 g/mol. The van der Waals surface area contributed by atoms with Gasteiger partial charge in [-0.05, 0) is 17.9 Å². The Kier molecular flexibility index (Phi) is 15.0. The third kappa shape index (κ3) is 10.3. The fourth-order valence-corrected chi connectivity index (χ4v) is 4.93. The molecule has 0 heterocycles. The van der Waals surface area contributed by atoms with Crippen molar-refractivity contribution in [2.24, 2.45) is 0 Å². The zero-order chi connectivity index (χ0) is 20.8. The summed E-state index contributed by atoms with van der Waals surface area (Å²) < 4.78 is 30.4. The predicted molar refractivity (Wildman–Crippen MR) is 130 cm³/mol. The first kappa shape index (κ1) is 27.6. The van der Waals surface area contributed by atoms with E-state index in [1.54, 1.807) is 12.1 Å². The fraction of sp³-hybridized carbons (Fsp3) is 0.600. The Morgan fingerprint density at radius 2 is 1.17 bits per heavy atom. The molecule has 0 radical (unpaired) electrons. The second-order valence-corrected chi connectivity index (χ2v) is 9.58. The predicted octanol–water partition coefficient (Wildman–Crippen LogP) is 6.99. The van der Waals surface area contributed by atoms with Crippen molar-refractivity contribution in [2.75, 3.05) is 6.61 Å². The van der Waals surface area contributed by atoms with Crippen LogP contribution in [0, 0.1) is 0 Å². The van der Waals surface area contributed by atoms with Crippen LogP contribution in [-0.2, 0) is 14.3 Å². The van der Waals surface area contributed by atoms with E-state index in [0.717, 1.165) is 30.0 Å². The first-order valence-corrected chi connectivity index (χ1v) is 12.9. The molecule has 0 aromatic heterocycles. The minimum atomic E-state index is -3.70. The molecule has 0 N–H and O–H groups in total. The second kappa shape index (κ2) is 16.3. The van der Waals surface area contributed by atoms with E-state index in [1.165, 1.54) is 64.2 Å². The van der Waals surface area contributed by atoms with Crippen LogP contribution in [0.2, 0.25) is 0 Å². The van der Waals surface area contributed by atoms with E-state index in [0.29, 0.717) is 0 Å². The van der Waals surface area contributed by atoms with Gasteiger partial charge < -0.3 is 0 Å². The van der Waals surface area contributed by atoms with E-state index >= 15 is 0 Å². The first-order chi connectivity index (χ1) is 14.1. The molecule has 0 atom stereocenters. The van der Waals surface area contributed by atoms with Crippen molar-refractivity contribution < 1.29 is 12.6 Å². The van der Waals surface area contributed by atoms with Gasteiger partial charge in [-0.15, -0.1) is 0 Å². The molecule has 0 spiro atoms. The molecule has 0 bridgehead atoms. The van der Waals surface area contributed by atoms with Gasteiger partial charge in [-0.25, -0.2) is 0 Å². The van der Waals surface area contributed by atoms with Crippen LogP contribution in [-0.4, -0.2) is 44.6 Å². The molecule has 164 valence electrons. The second-order valence-electron chi connectivity index (χ2n) is 8.00. The van der Waals surface area contributed by atoms with Crippen LogP contribution in [0.5, 0.6) is 0 Å². The molecule has 0 saturated carbocycles. The summed E-state index contributed by atoms with van der Waals surface area (Å²) in [6.07, 6.45) is 16.5. The molecule has 0 unspecified atom stereocenters. The molecule has 2 aromatic rings. The van der Waals surface area contributed by atoms with Crippen molar-refractivity contribution in [3.63, 3.8) is 0 Å². The molecule has 0 aliphatic carbocycles. The standard InChI is InChI=1S/C25H38O3S.Na.H/c1-2-3-4-5-6-7-8-9-10-11-12-13-16-22-28-29(26,27)25-21-17-19-23-18-14-15-20-24(23)25;;/h14-15,17-21H,2-13,16,22H2,1H3;;. The van der Waals surface area contributed by atoms with Crippen LogP contribution in [0.1, 0.15) is 90.4 Å². The van der Waals surface area contributed by atoms with Crippen LogP contribution < -0.4 is 0 Å². The van der Waals surface area contributed by atoms with Crippen LogP contribution >= 0.6 is 0 Å². The van der Waals surface area contributed by atoms with Gasteiger partial charge in [0.2, 0.25) is 0 Å². The molecule has 2 rings (SSSR count). The Balaban J connectivity index is 0.00000450. The van der Waals surface area contributed by atoms with E-state index in [2.05, 4.69) is 6.92 Å². The van der Waals surface area contributed by atoms with Crippen molar-refractivity contribution in [1.82, 2.24) is 0 Å². The van der Waals surface area contributed by atoms with Gasteiger partial charge in [0.15, 0.2) is 0 Å². The Morgan fingerprint density at radius 1 is 0.667 bits per heavy atom. The number of fused-ring (bicyclic) bond motifs is 1. The zero-order valence-electron chi connectivity index (χ0n) is 18.1. The van der Waals surface area contributed by atoms with Gasteiger partial charge in [-0.3, -0.25) is 4.18 Å². The number of benzene rings is 2. The molecule has 0 amide bonds. The maximum absolute atomic E-state index is 12.5. The summed E-state index contributed by atoms with van der Waals surface area (Å²) in [6.45, 7) is 2.53. The Bertz CT molecular complexity index is 800. The number of rotatable bonds is 16. The number of unbranched alkanes of at least 4 members (excludes halogenated alkanes) is 12. The molecule has 5 heteroatoms. The van der Waals surface area contributed by atoms with Crippen molar-refractivity contribution in [2.45, 2.75) is 95.3 Å². The summed E-state index contributed by atoms with van der Waals surface area (Å²) in [6, 6.07) is 12.8. The molecule has 3 nitrogen and oxygen atoms in total. The van der Waals surface area contributed by atoms with Crippen LogP contribution in [0.4, 0.5) is 0 Å². The third-order valence-corrected chi connectivity index (χ3v) is 6.88. The first-order valence-electron chi connectivity index (χ1n) is 11.5. The summed E-state index contributed by atoms with van der Waals surface area (Å²) in [5.41, 5.74) is 0. The van der Waals surface area contributed by atoms with Crippen molar-refractivity contribution in [3.05, 3.63) is 42.5 Å². The molecule has 0 aliphatic heterocycles. The Labute approximate surface area is 206 Å². The monoisotopic (exact) mass is 442 g/mol. The van der Waals surface area contributed by atoms with Gasteiger partial charge >= 0.3 is 29.6 Å². The van der Waals surface area contributed by atoms with E-state index < -0.39 is 10.1 Å². The molecule has 2 aromatic carbocycles. The van der Waals surface area contributed by atoms with Gasteiger partial charge in [-0.2, -0.15) is 8.42 Å².